The fraction of sp³-hybridized carbons (Fsp3) is 0.625. The first-order chi connectivity index (χ1) is 5.83. The van der Waals surface area contributed by atoms with E-state index in [1.54, 1.807) is 4.90 Å². The molecule has 2 saturated heterocycles. The van der Waals surface area contributed by atoms with Crippen LogP contribution < -0.4 is 0 Å². The lowest BCUT2D eigenvalue weighted by atomic mass is 10.2. The third kappa shape index (κ3) is 1.05. The maximum Gasteiger partial charge on any atom is 0.411 e. The maximum atomic E-state index is 11.2. The van der Waals surface area contributed by atoms with E-state index in [9.17, 15) is 4.79 Å². The van der Waals surface area contributed by atoms with E-state index in [2.05, 4.69) is 5.25 Å². The predicted molar refractivity (Wildman–Crippen MR) is 46.4 cm³/mol. The van der Waals surface area contributed by atoms with Crippen molar-refractivity contribution in [1.29, 1.82) is 0 Å². The van der Waals surface area contributed by atoms with E-state index in [1.807, 2.05) is 0 Å². The molecule has 0 aromatic rings. The zero-order valence-corrected chi connectivity index (χ0v) is 7.34. The van der Waals surface area contributed by atoms with Crippen molar-refractivity contribution in [3.63, 3.8) is 0 Å². The normalized spacial score (nSPS) is 32.9. The van der Waals surface area contributed by atoms with Crippen LogP contribution in [0.5, 0.6) is 0 Å². The molecule has 0 bridgehead atoms. The average Bonchev–Trinajstić information content (AvgIpc) is 2.58. The van der Waals surface area contributed by atoms with E-state index in [1.165, 1.54) is 11.8 Å². The smallest absolute Gasteiger partial charge is 0.411 e. The highest BCUT2D eigenvalue weighted by Gasteiger charge is 2.43. The van der Waals surface area contributed by atoms with Crippen LogP contribution >= 0.6 is 11.8 Å². The van der Waals surface area contributed by atoms with Gasteiger partial charge in [-0.05, 0) is 29.9 Å². The van der Waals surface area contributed by atoms with Gasteiger partial charge in [-0.3, -0.25) is 4.90 Å². The van der Waals surface area contributed by atoms with Crippen LogP contribution in [-0.4, -0.2) is 29.0 Å². The molecule has 3 nitrogen and oxygen atoms in total. The van der Waals surface area contributed by atoms with Crippen LogP contribution in [0.25, 0.3) is 0 Å². The number of hydrogen-bond acceptors (Lipinski definition) is 3. The molecule has 4 heteroatoms. The Kier molecular flexibility index (Phi) is 1.89. The Bertz CT molecular complexity index is 248. The molecule has 2 atom stereocenters. The van der Waals surface area contributed by atoms with Crippen LogP contribution in [0.4, 0.5) is 4.79 Å². The first-order valence-corrected chi connectivity index (χ1v) is 4.77. The van der Waals surface area contributed by atoms with Gasteiger partial charge < -0.3 is 4.74 Å². The molecule has 2 aliphatic rings. The van der Waals surface area contributed by atoms with Crippen LogP contribution in [0.3, 0.4) is 0 Å². The van der Waals surface area contributed by atoms with E-state index in [4.69, 9.17) is 11.2 Å². The molecule has 2 aliphatic heterocycles. The largest absolute Gasteiger partial charge is 0.447 e. The molecule has 0 radical (unpaired) electrons. The second-order valence-corrected chi connectivity index (χ2v) is 3.92. The summed E-state index contributed by atoms with van der Waals surface area (Å²) in [6, 6.07) is 0.281. The summed E-state index contributed by atoms with van der Waals surface area (Å²) in [5, 5.41) is 2.66. The van der Waals surface area contributed by atoms with Crippen LogP contribution in [0.2, 0.25) is 0 Å². The van der Waals surface area contributed by atoms with Gasteiger partial charge in [0.25, 0.3) is 0 Å². The van der Waals surface area contributed by atoms with E-state index in [-0.39, 0.29) is 17.5 Å². The van der Waals surface area contributed by atoms with Crippen molar-refractivity contribution in [2.24, 2.45) is 0 Å². The SMILES string of the molecule is C#CSC1CC[C@H]2COC(=O)N12. The molecule has 1 amide bonds. The Hall–Kier alpha value is -0.820. The third-order valence-electron chi connectivity index (χ3n) is 2.26. The number of cyclic esters (lactones) is 1. The van der Waals surface area contributed by atoms with Crippen molar-refractivity contribution in [3.8, 4) is 11.7 Å². The minimum atomic E-state index is -0.203. The number of rotatable bonds is 1. The number of carbonyl (C=O) groups is 1. The molecule has 2 heterocycles. The van der Waals surface area contributed by atoms with Gasteiger partial charge in [0.1, 0.15) is 6.61 Å². The number of amides is 1. The summed E-state index contributed by atoms with van der Waals surface area (Å²) in [7, 11) is 0. The fourth-order valence-corrected chi connectivity index (χ4v) is 2.50. The summed E-state index contributed by atoms with van der Waals surface area (Å²) in [6.07, 6.45) is 6.98. The van der Waals surface area contributed by atoms with Crippen LogP contribution in [0.15, 0.2) is 0 Å². The topological polar surface area (TPSA) is 29.5 Å². The molecule has 0 saturated carbocycles. The van der Waals surface area contributed by atoms with Crippen LogP contribution in [-0.2, 0) is 4.74 Å². The molecule has 2 fully saturated rings. The van der Waals surface area contributed by atoms with Crippen LogP contribution in [0.1, 0.15) is 12.8 Å². The van der Waals surface area contributed by atoms with Gasteiger partial charge >= 0.3 is 6.09 Å². The molecule has 64 valence electrons. The first-order valence-electron chi connectivity index (χ1n) is 3.89. The summed E-state index contributed by atoms with van der Waals surface area (Å²) >= 11 is 1.37. The highest BCUT2D eigenvalue weighted by atomic mass is 32.2. The lowest BCUT2D eigenvalue weighted by Gasteiger charge is -2.17. The number of fused-ring (bicyclic) bond motifs is 1. The number of hydrogen-bond donors (Lipinski definition) is 0. The minimum Gasteiger partial charge on any atom is -0.447 e. The molecular weight excluding hydrogens is 174 g/mol. The van der Waals surface area contributed by atoms with Crippen molar-refractivity contribution in [1.82, 2.24) is 4.90 Å². The minimum absolute atomic E-state index is 0.148. The molecule has 12 heavy (non-hydrogen) atoms. The summed E-state index contributed by atoms with van der Waals surface area (Å²) in [4.78, 5) is 12.9. The van der Waals surface area contributed by atoms with Crippen LogP contribution in [0, 0.1) is 11.7 Å². The van der Waals surface area contributed by atoms with Crippen molar-refractivity contribution in [2.75, 3.05) is 6.61 Å². The van der Waals surface area contributed by atoms with Gasteiger partial charge in [-0.25, -0.2) is 4.79 Å². The summed E-state index contributed by atoms with van der Waals surface area (Å²) in [5.74, 6) is 0. The Morgan fingerprint density at radius 3 is 3.25 bits per heavy atom. The second kappa shape index (κ2) is 2.91. The number of carbonyl (C=O) groups excluding carboxylic acids is 1. The Labute approximate surface area is 75.4 Å². The van der Waals surface area contributed by atoms with E-state index in [0.717, 1.165) is 12.8 Å². The fourth-order valence-electron chi connectivity index (χ4n) is 1.71. The van der Waals surface area contributed by atoms with Gasteiger partial charge in [-0.15, -0.1) is 6.42 Å². The zero-order chi connectivity index (χ0) is 8.55. The highest BCUT2D eigenvalue weighted by Crippen LogP contribution is 2.34. The summed E-state index contributed by atoms with van der Waals surface area (Å²) < 4.78 is 4.90. The molecule has 2 rings (SSSR count). The first kappa shape index (κ1) is 7.81. The summed E-state index contributed by atoms with van der Waals surface area (Å²) in [5.41, 5.74) is 0. The van der Waals surface area contributed by atoms with Gasteiger partial charge in [-0.2, -0.15) is 0 Å². The average molecular weight is 183 g/mol. The highest BCUT2D eigenvalue weighted by molar-refractivity contribution is 8.04. The Morgan fingerprint density at radius 2 is 2.50 bits per heavy atom. The Morgan fingerprint density at radius 1 is 1.67 bits per heavy atom. The van der Waals surface area contributed by atoms with Gasteiger partial charge in [0.05, 0.1) is 11.4 Å². The van der Waals surface area contributed by atoms with Crippen molar-refractivity contribution < 1.29 is 9.53 Å². The van der Waals surface area contributed by atoms with E-state index < -0.39 is 0 Å². The van der Waals surface area contributed by atoms with E-state index in [0.29, 0.717) is 6.61 Å². The number of terminal acetylenes is 1. The predicted octanol–water partition coefficient (Wildman–Crippen LogP) is 1.25. The molecule has 0 N–H and O–H groups in total. The summed E-state index contributed by atoms with van der Waals surface area (Å²) in [6.45, 7) is 0.542. The number of ether oxygens (including phenoxy) is 1. The maximum absolute atomic E-state index is 11.2. The lowest BCUT2D eigenvalue weighted by molar-refractivity contribution is 0.157. The number of nitrogens with zero attached hydrogens (tertiary/aromatic N) is 1. The van der Waals surface area contributed by atoms with E-state index >= 15 is 0 Å². The molecule has 1 unspecified atom stereocenters. The number of thioether (sulfide) groups is 1. The zero-order valence-electron chi connectivity index (χ0n) is 6.53. The molecule has 0 spiro atoms. The second-order valence-electron chi connectivity index (χ2n) is 2.91. The quantitative estimate of drug-likeness (QED) is 0.573. The van der Waals surface area contributed by atoms with Gasteiger partial charge in [0.2, 0.25) is 0 Å². The van der Waals surface area contributed by atoms with Crippen molar-refractivity contribution in [3.05, 3.63) is 0 Å². The van der Waals surface area contributed by atoms with Crippen molar-refractivity contribution in [2.45, 2.75) is 24.3 Å². The van der Waals surface area contributed by atoms with Gasteiger partial charge in [0.15, 0.2) is 0 Å². The molecule has 0 aliphatic carbocycles. The van der Waals surface area contributed by atoms with Gasteiger partial charge in [-0.1, -0.05) is 0 Å². The molecule has 0 aromatic heterocycles. The standard InChI is InChI=1S/C8H9NO2S/c1-2-12-7-4-3-6-5-11-8(10)9(6)7/h1,6-7H,3-5H2/t6-,7?/m0/s1. The monoisotopic (exact) mass is 183 g/mol. The molecular formula is C8H9NO2S. The third-order valence-corrected chi connectivity index (χ3v) is 3.14. The lowest BCUT2D eigenvalue weighted by Crippen LogP contribution is -2.32. The Balaban J connectivity index is 2.10. The van der Waals surface area contributed by atoms with Crippen molar-refractivity contribution >= 4 is 17.9 Å². The van der Waals surface area contributed by atoms with Gasteiger partial charge in [0, 0.05) is 0 Å². The molecule has 0 aromatic carbocycles.